The number of benzene rings is 1. The minimum atomic E-state index is 0.152. The molecule has 134 valence electrons. The lowest BCUT2D eigenvalue weighted by Crippen LogP contribution is -2.52. The molecule has 2 saturated heterocycles. The molecule has 2 aromatic rings. The Kier molecular flexibility index (Phi) is 3.98. The number of aromatic nitrogens is 1. The number of hydrogen-bond acceptors (Lipinski definition) is 3. The first kappa shape index (κ1) is 16.3. The molecular formula is C21H22ClN3O. The molecule has 26 heavy (non-hydrogen) atoms. The number of rotatable bonds is 1. The summed E-state index contributed by atoms with van der Waals surface area (Å²) in [4.78, 5) is 21.5. The molecule has 3 aliphatic rings. The molecule has 0 N–H and O–H groups in total. The third kappa shape index (κ3) is 2.63. The van der Waals surface area contributed by atoms with Crippen molar-refractivity contribution in [2.75, 3.05) is 19.6 Å². The fourth-order valence-electron chi connectivity index (χ4n) is 4.88. The SMILES string of the molecule is O=C1CCC2CN([C@H]3c4ccc(Cl)cc4CCc4cccnc43)CCN12. The van der Waals surface area contributed by atoms with E-state index in [0.717, 1.165) is 43.9 Å². The van der Waals surface area contributed by atoms with Crippen LogP contribution in [0.25, 0.3) is 0 Å². The molecule has 0 saturated carbocycles. The van der Waals surface area contributed by atoms with Crippen LogP contribution in [0, 0.1) is 0 Å². The summed E-state index contributed by atoms with van der Waals surface area (Å²) in [6.07, 6.45) is 5.57. The second-order valence-corrected chi connectivity index (χ2v) is 8.00. The molecule has 2 fully saturated rings. The van der Waals surface area contributed by atoms with E-state index in [0.29, 0.717) is 18.4 Å². The van der Waals surface area contributed by atoms with Gasteiger partial charge in [-0.1, -0.05) is 23.7 Å². The van der Waals surface area contributed by atoms with Gasteiger partial charge in [0.15, 0.2) is 0 Å². The van der Waals surface area contributed by atoms with Crippen LogP contribution in [0.1, 0.15) is 41.3 Å². The maximum atomic E-state index is 12.1. The van der Waals surface area contributed by atoms with E-state index in [9.17, 15) is 4.79 Å². The third-order valence-corrected chi connectivity index (χ3v) is 6.37. The summed E-state index contributed by atoms with van der Waals surface area (Å²) in [5.74, 6) is 0.321. The fraction of sp³-hybridized carbons (Fsp3) is 0.429. The number of fused-ring (bicyclic) bond motifs is 3. The number of piperazine rings is 1. The summed E-state index contributed by atoms with van der Waals surface area (Å²) in [5, 5.41) is 0.799. The van der Waals surface area contributed by atoms with Gasteiger partial charge in [0.05, 0.1) is 11.7 Å². The fourth-order valence-corrected chi connectivity index (χ4v) is 5.07. The lowest BCUT2D eigenvalue weighted by atomic mass is 9.95. The van der Waals surface area contributed by atoms with Crippen LogP contribution in [0.2, 0.25) is 5.02 Å². The zero-order chi connectivity index (χ0) is 17.7. The van der Waals surface area contributed by atoms with Gasteiger partial charge in [0.1, 0.15) is 0 Å². The Labute approximate surface area is 158 Å². The Hall–Kier alpha value is -1.91. The van der Waals surface area contributed by atoms with Gasteiger partial charge >= 0.3 is 0 Å². The number of carbonyl (C=O) groups excluding carboxylic acids is 1. The van der Waals surface area contributed by atoms with Gasteiger partial charge in [-0.05, 0) is 54.2 Å². The topological polar surface area (TPSA) is 36.4 Å². The van der Waals surface area contributed by atoms with Gasteiger partial charge in [-0.15, -0.1) is 0 Å². The smallest absolute Gasteiger partial charge is 0.222 e. The Balaban J connectivity index is 1.58. The number of nitrogens with zero attached hydrogens (tertiary/aromatic N) is 3. The molecule has 2 aliphatic heterocycles. The summed E-state index contributed by atoms with van der Waals surface area (Å²) >= 11 is 6.29. The van der Waals surface area contributed by atoms with Gasteiger partial charge in [0.25, 0.3) is 0 Å². The maximum absolute atomic E-state index is 12.1. The highest BCUT2D eigenvalue weighted by atomic mass is 35.5. The number of aryl methyl sites for hydroxylation is 2. The monoisotopic (exact) mass is 367 g/mol. The second kappa shape index (κ2) is 6.36. The number of carbonyl (C=O) groups is 1. The lowest BCUT2D eigenvalue weighted by molar-refractivity contribution is -0.130. The molecule has 2 atom stereocenters. The predicted octanol–water partition coefficient (Wildman–Crippen LogP) is 3.23. The summed E-state index contributed by atoms with van der Waals surface area (Å²) in [7, 11) is 0. The van der Waals surface area contributed by atoms with Gasteiger partial charge in [0.2, 0.25) is 5.91 Å². The van der Waals surface area contributed by atoms with Crippen molar-refractivity contribution in [3.05, 3.63) is 63.9 Å². The standard InChI is InChI=1S/C21H22ClN3O/c22-16-5-7-18-15(12-16)4-3-14-2-1-9-23-20(14)21(18)24-10-11-25-17(13-24)6-8-19(25)26/h1-2,5,7,9,12,17,21H,3-4,6,8,10-11,13H2/t17?,21-/m0/s1. The minimum Gasteiger partial charge on any atom is -0.337 e. The molecule has 5 rings (SSSR count). The van der Waals surface area contributed by atoms with Gasteiger partial charge in [-0.25, -0.2) is 0 Å². The third-order valence-electron chi connectivity index (χ3n) is 6.14. The molecule has 0 spiro atoms. The number of pyridine rings is 1. The highest BCUT2D eigenvalue weighted by molar-refractivity contribution is 6.30. The van der Waals surface area contributed by atoms with Crippen molar-refractivity contribution in [3.8, 4) is 0 Å². The van der Waals surface area contributed by atoms with Gasteiger partial charge in [-0.3, -0.25) is 14.7 Å². The van der Waals surface area contributed by atoms with Crippen LogP contribution < -0.4 is 0 Å². The molecule has 1 aliphatic carbocycles. The predicted molar refractivity (Wildman–Crippen MR) is 101 cm³/mol. The van der Waals surface area contributed by atoms with Crippen molar-refractivity contribution < 1.29 is 4.79 Å². The van der Waals surface area contributed by atoms with E-state index in [4.69, 9.17) is 16.6 Å². The Morgan fingerprint density at radius 3 is 2.88 bits per heavy atom. The molecule has 5 heteroatoms. The average molecular weight is 368 g/mol. The van der Waals surface area contributed by atoms with Crippen LogP contribution in [0.15, 0.2) is 36.5 Å². The zero-order valence-electron chi connectivity index (χ0n) is 14.7. The minimum absolute atomic E-state index is 0.152. The Morgan fingerprint density at radius 1 is 1.08 bits per heavy atom. The summed E-state index contributed by atoms with van der Waals surface area (Å²) in [5.41, 5.74) is 5.15. The molecule has 3 heterocycles. The van der Waals surface area contributed by atoms with Crippen LogP contribution >= 0.6 is 11.6 Å². The first-order valence-electron chi connectivity index (χ1n) is 9.46. The van der Waals surface area contributed by atoms with E-state index in [1.165, 1.54) is 22.4 Å². The van der Waals surface area contributed by atoms with E-state index in [2.05, 4.69) is 28.0 Å². The van der Waals surface area contributed by atoms with Gasteiger partial charge in [0, 0.05) is 43.3 Å². The van der Waals surface area contributed by atoms with E-state index in [1.54, 1.807) is 0 Å². The average Bonchev–Trinajstić information content (AvgIpc) is 2.94. The first-order chi connectivity index (χ1) is 12.7. The zero-order valence-corrected chi connectivity index (χ0v) is 15.5. The van der Waals surface area contributed by atoms with Crippen LogP contribution in [-0.4, -0.2) is 46.4 Å². The molecule has 1 aromatic carbocycles. The van der Waals surface area contributed by atoms with Crippen LogP contribution in [-0.2, 0) is 17.6 Å². The van der Waals surface area contributed by atoms with Crippen molar-refractivity contribution in [3.63, 3.8) is 0 Å². The first-order valence-corrected chi connectivity index (χ1v) is 9.84. The summed E-state index contributed by atoms with van der Waals surface area (Å²) < 4.78 is 0. The van der Waals surface area contributed by atoms with Crippen LogP contribution in [0.5, 0.6) is 0 Å². The molecule has 1 unspecified atom stereocenters. The number of halogens is 1. The Bertz CT molecular complexity index is 868. The van der Waals surface area contributed by atoms with E-state index in [1.807, 2.05) is 18.3 Å². The van der Waals surface area contributed by atoms with E-state index >= 15 is 0 Å². The molecule has 0 radical (unpaired) electrons. The van der Waals surface area contributed by atoms with Gasteiger partial charge < -0.3 is 4.90 Å². The summed E-state index contributed by atoms with van der Waals surface area (Å²) in [6.45, 7) is 2.64. The molecule has 4 nitrogen and oxygen atoms in total. The normalized spacial score (nSPS) is 25.4. The van der Waals surface area contributed by atoms with Crippen molar-refractivity contribution in [2.24, 2.45) is 0 Å². The maximum Gasteiger partial charge on any atom is 0.222 e. The van der Waals surface area contributed by atoms with Crippen molar-refractivity contribution >= 4 is 17.5 Å². The second-order valence-electron chi connectivity index (χ2n) is 7.57. The molecule has 0 bridgehead atoms. The largest absolute Gasteiger partial charge is 0.337 e. The molecule has 1 amide bonds. The number of hydrogen-bond donors (Lipinski definition) is 0. The quantitative estimate of drug-likeness (QED) is 0.776. The lowest BCUT2D eigenvalue weighted by Gasteiger charge is -2.42. The van der Waals surface area contributed by atoms with Crippen molar-refractivity contribution in [1.29, 1.82) is 0 Å². The van der Waals surface area contributed by atoms with Crippen molar-refractivity contribution in [2.45, 2.75) is 37.8 Å². The van der Waals surface area contributed by atoms with E-state index in [-0.39, 0.29) is 6.04 Å². The van der Waals surface area contributed by atoms with Crippen molar-refractivity contribution in [1.82, 2.24) is 14.8 Å². The van der Waals surface area contributed by atoms with Gasteiger partial charge in [-0.2, -0.15) is 0 Å². The summed E-state index contributed by atoms with van der Waals surface area (Å²) in [6, 6.07) is 11.0. The highest BCUT2D eigenvalue weighted by Gasteiger charge is 2.39. The van der Waals surface area contributed by atoms with Crippen LogP contribution in [0.3, 0.4) is 0 Å². The molecular weight excluding hydrogens is 346 g/mol. The Morgan fingerprint density at radius 2 is 1.96 bits per heavy atom. The highest BCUT2D eigenvalue weighted by Crippen LogP contribution is 2.38. The van der Waals surface area contributed by atoms with E-state index < -0.39 is 0 Å². The number of amides is 1. The van der Waals surface area contributed by atoms with Crippen LogP contribution in [0.4, 0.5) is 0 Å². The molecule has 1 aromatic heterocycles.